The second kappa shape index (κ2) is 7.45. The van der Waals surface area contributed by atoms with E-state index in [0.29, 0.717) is 28.5 Å². The number of nitrogens with zero attached hydrogens (tertiary/aromatic N) is 1. The van der Waals surface area contributed by atoms with E-state index in [1.165, 1.54) is 0 Å². The van der Waals surface area contributed by atoms with Crippen LogP contribution >= 0.6 is 11.8 Å². The summed E-state index contributed by atoms with van der Waals surface area (Å²) in [6.07, 6.45) is -0.647. The first-order valence-electron chi connectivity index (χ1n) is 6.73. The minimum atomic E-state index is -2.58. The van der Waals surface area contributed by atoms with Gasteiger partial charge in [0.2, 0.25) is 0 Å². The molecule has 118 valence electrons. The molecule has 0 aliphatic rings. The summed E-state index contributed by atoms with van der Waals surface area (Å²) in [6.45, 7) is 1.01. The molecular formula is C16H17F2NO2S. The number of thioether (sulfide) groups is 1. The van der Waals surface area contributed by atoms with Crippen LogP contribution in [0.4, 0.5) is 8.78 Å². The summed E-state index contributed by atoms with van der Waals surface area (Å²) in [5, 5.41) is 0. The Morgan fingerprint density at radius 2 is 1.86 bits per heavy atom. The third-order valence-corrected chi connectivity index (χ3v) is 3.53. The van der Waals surface area contributed by atoms with Gasteiger partial charge in [-0.05, 0) is 49.1 Å². The molecule has 0 saturated heterocycles. The lowest BCUT2D eigenvalue weighted by Crippen LogP contribution is -2.26. The molecule has 0 saturated carbocycles. The van der Waals surface area contributed by atoms with Crippen LogP contribution in [0.3, 0.4) is 0 Å². The molecule has 0 amide bonds. The van der Waals surface area contributed by atoms with Crippen LogP contribution in [0, 0.1) is 6.92 Å². The number of rotatable bonds is 6. The van der Waals surface area contributed by atoms with Crippen LogP contribution in [0.1, 0.15) is 5.56 Å². The van der Waals surface area contributed by atoms with Gasteiger partial charge in [0, 0.05) is 5.56 Å². The zero-order valence-electron chi connectivity index (χ0n) is 12.4. The third-order valence-electron chi connectivity index (χ3n) is 3.18. The summed E-state index contributed by atoms with van der Waals surface area (Å²) < 4.78 is 32.1. The molecule has 3 nitrogen and oxygen atoms in total. The smallest absolute Gasteiger partial charge is 0.256 e. The minimum Gasteiger partial charge on any atom is -0.483 e. The molecule has 1 heterocycles. The zero-order valence-corrected chi connectivity index (χ0v) is 13.2. The molecule has 0 aliphatic heterocycles. The Bertz CT molecular complexity index is 684. The van der Waals surface area contributed by atoms with Crippen molar-refractivity contribution in [2.45, 2.75) is 19.9 Å². The third kappa shape index (κ3) is 3.88. The van der Waals surface area contributed by atoms with E-state index in [1.54, 1.807) is 55.1 Å². The van der Waals surface area contributed by atoms with Crippen LogP contribution in [0.5, 0.6) is 5.75 Å². The number of ether oxygens (including phenoxy) is 1. The standard InChI is InChI=1S/C16H17F2NO2S/c1-11-3-8-14(19(16(11)20)9-15(17)18)12-4-6-13(7-5-12)21-10-22-2/h3-8,15H,9-10H2,1-2H3. The molecule has 6 heteroatoms. The van der Waals surface area contributed by atoms with Gasteiger partial charge >= 0.3 is 0 Å². The van der Waals surface area contributed by atoms with Crippen LogP contribution in [0.2, 0.25) is 0 Å². The largest absolute Gasteiger partial charge is 0.483 e. The average molecular weight is 325 g/mol. The van der Waals surface area contributed by atoms with Crippen LogP contribution < -0.4 is 10.3 Å². The Morgan fingerprint density at radius 3 is 2.45 bits per heavy atom. The molecule has 0 N–H and O–H groups in total. The number of halogens is 2. The van der Waals surface area contributed by atoms with E-state index in [9.17, 15) is 13.6 Å². The summed E-state index contributed by atoms with van der Waals surface area (Å²) in [5.41, 5.74) is 1.24. The van der Waals surface area contributed by atoms with Gasteiger partial charge in [-0.25, -0.2) is 8.78 Å². The first-order valence-corrected chi connectivity index (χ1v) is 8.13. The van der Waals surface area contributed by atoms with E-state index in [4.69, 9.17) is 4.74 Å². The van der Waals surface area contributed by atoms with Crippen LogP contribution in [-0.4, -0.2) is 23.2 Å². The van der Waals surface area contributed by atoms with Gasteiger partial charge < -0.3 is 9.30 Å². The first kappa shape index (κ1) is 16.5. The average Bonchev–Trinajstić information content (AvgIpc) is 2.50. The Labute approximate surface area is 131 Å². The number of pyridine rings is 1. The fourth-order valence-electron chi connectivity index (χ4n) is 2.11. The van der Waals surface area contributed by atoms with E-state index in [1.807, 2.05) is 6.26 Å². The van der Waals surface area contributed by atoms with E-state index < -0.39 is 13.0 Å². The van der Waals surface area contributed by atoms with Crippen LogP contribution in [0.15, 0.2) is 41.2 Å². The summed E-state index contributed by atoms with van der Waals surface area (Å²) in [6, 6.07) is 10.4. The Balaban J connectivity index is 2.39. The molecule has 0 fully saturated rings. The van der Waals surface area contributed by atoms with Crippen molar-refractivity contribution in [3.05, 3.63) is 52.3 Å². The Kier molecular flexibility index (Phi) is 5.60. The number of aryl methyl sites for hydroxylation is 1. The van der Waals surface area contributed by atoms with Gasteiger partial charge in [-0.1, -0.05) is 6.07 Å². The lowest BCUT2D eigenvalue weighted by Gasteiger charge is -2.14. The summed E-state index contributed by atoms with van der Waals surface area (Å²) in [5.74, 6) is 1.24. The van der Waals surface area contributed by atoms with Crippen molar-refractivity contribution in [1.29, 1.82) is 0 Å². The van der Waals surface area contributed by atoms with Gasteiger partial charge in [-0.2, -0.15) is 0 Å². The molecule has 0 atom stereocenters. The highest BCUT2D eigenvalue weighted by Gasteiger charge is 2.13. The molecular weight excluding hydrogens is 308 g/mol. The van der Waals surface area contributed by atoms with Gasteiger partial charge in [-0.3, -0.25) is 4.79 Å². The molecule has 2 rings (SSSR count). The van der Waals surface area contributed by atoms with Crippen molar-refractivity contribution in [3.63, 3.8) is 0 Å². The van der Waals surface area contributed by atoms with Crippen molar-refractivity contribution in [2.75, 3.05) is 12.2 Å². The molecule has 2 aromatic rings. The van der Waals surface area contributed by atoms with E-state index in [2.05, 4.69) is 0 Å². The van der Waals surface area contributed by atoms with Crippen LogP contribution in [0.25, 0.3) is 11.3 Å². The van der Waals surface area contributed by atoms with Gasteiger partial charge in [-0.15, -0.1) is 11.8 Å². The number of benzene rings is 1. The fourth-order valence-corrected chi connectivity index (χ4v) is 2.36. The number of hydrogen-bond acceptors (Lipinski definition) is 3. The highest BCUT2D eigenvalue weighted by molar-refractivity contribution is 7.98. The van der Waals surface area contributed by atoms with E-state index in [0.717, 1.165) is 4.57 Å². The molecule has 1 aromatic carbocycles. The maximum Gasteiger partial charge on any atom is 0.256 e. The van der Waals surface area contributed by atoms with Gasteiger partial charge in [0.05, 0.1) is 12.2 Å². The molecule has 22 heavy (non-hydrogen) atoms. The number of aromatic nitrogens is 1. The normalized spacial score (nSPS) is 11.0. The second-order valence-corrected chi connectivity index (χ2v) is 5.60. The van der Waals surface area contributed by atoms with E-state index >= 15 is 0 Å². The van der Waals surface area contributed by atoms with Crippen molar-refractivity contribution >= 4 is 11.8 Å². The lowest BCUT2D eigenvalue weighted by atomic mass is 10.1. The van der Waals surface area contributed by atoms with Crippen molar-refractivity contribution in [3.8, 4) is 17.0 Å². The van der Waals surface area contributed by atoms with Crippen molar-refractivity contribution < 1.29 is 13.5 Å². The molecule has 0 aliphatic carbocycles. The molecule has 0 bridgehead atoms. The summed E-state index contributed by atoms with van der Waals surface area (Å²) in [7, 11) is 0. The maximum absolute atomic E-state index is 12.7. The minimum absolute atomic E-state index is 0.388. The topological polar surface area (TPSA) is 31.2 Å². The molecule has 1 aromatic heterocycles. The Hall–Kier alpha value is -1.82. The molecule has 0 spiro atoms. The van der Waals surface area contributed by atoms with Gasteiger partial charge in [0.25, 0.3) is 12.0 Å². The molecule has 0 unspecified atom stereocenters. The predicted octanol–water partition coefficient (Wildman–Crippen LogP) is 3.79. The predicted molar refractivity (Wildman–Crippen MR) is 85.9 cm³/mol. The lowest BCUT2D eigenvalue weighted by molar-refractivity contribution is 0.126. The SMILES string of the molecule is CSCOc1ccc(-c2ccc(C)c(=O)n2CC(F)F)cc1. The number of hydrogen-bond donors (Lipinski definition) is 0. The van der Waals surface area contributed by atoms with Crippen molar-refractivity contribution in [1.82, 2.24) is 4.57 Å². The van der Waals surface area contributed by atoms with Crippen LogP contribution in [-0.2, 0) is 6.54 Å². The van der Waals surface area contributed by atoms with Gasteiger partial charge in [0.15, 0.2) is 0 Å². The highest BCUT2D eigenvalue weighted by Crippen LogP contribution is 2.23. The molecule has 0 radical (unpaired) electrons. The summed E-state index contributed by atoms with van der Waals surface area (Å²) in [4.78, 5) is 12.1. The van der Waals surface area contributed by atoms with E-state index in [-0.39, 0.29) is 5.56 Å². The quantitative estimate of drug-likeness (QED) is 0.757. The second-order valence-electron chi connectivity index (χ2n) is 4.78. The maximum atomic E-state index is 12.7. The Morgan fingerprint density at radius 1 is 1.18 bits per heavy atom. The number of alkyl halides is 2. The highest BCUT2D eigenvalue weighted by atomic mass is 32.2. The van der Waals surface area contributed by atoms with Crippen molar-refractivity contribution in [2.24, 2.45) is 0 Å². The monoisotopic (exact) mass is 325 g/mol. The first-order chi connectivity index (χ1) is 10.5. The summed E-state index contributed by atoms with van der Waals surface area (Å²) >= 11 is 1.56. The fraction of sp³-hybridized carbons (Fsp3) is 0.312. The van der Waals surface area contributed by atoms with Gasteiger partial charge in [0.1, 0.15) is 11.7 Å². The zero-order chi connectivity index (χ0) is 16.1.